The lowest BCUT2D eigenvalue weighted by atomic mass is 10.0. The quantitative estimate of drug-likeness (QED) is 0.364. The molecule has 0 amide bonds. The first kappa shape index (κ1) is 16.9. The van der Waals surface area contributed by atoms with E-state index in [4.69, 9.17) is 16.6 Å². The molecule has 0 aliphatic rings. The Balaban J connectivity index is 1.97. The first-order valence-corrected chi connectivity index (χ1v) is 9.19. The minimum Gasteiger partial charge on any atom is -0.494 e. The van der Waals surface area contributed by atoms with Gasteiger partial charge in [0, 0.05) is 20.4 Å². The van der Waals surface area contributed by atoms with Crippen LogP contribution in [0.5, 0.6) is 5.88 Å². The van der Waals surface area contributed by atoms with Gasteiger partial charge in [-0.2, -0.15) is 0 Å². The molecule has 0 aliphatic carbocycles. The minimum atomic E-state index is 0.0713. The SMILES string of the molecule is Oc1[nH]c2cc(Cl)ccc2c1C(=Nc1ccc(Br)cc1)c1ccccc1. The van der Waals surface area contributed by atoms with Crippen molar-refractivity contribution >= 4 is 49.8 Å². The second-order valence-electron chi connectivity index (χ2n) is 5.84. The lowest BCUT2D eigenvalue weighted by Gasteiger charge is -2.08. The Bertz CT molecular complexity index is 1100. The number of fused-ring (bicyclic) bond motifs is 1. The Labute approximate surface area is 164 Å². The number of aliphatic imine (C=N–C) groups is 1. The molecule has 1 aromatic heterocycles. The fourth-order valence-corrected chi connectivity index (χ4v) is 3.34. The number of benzene rings is 3. The van der Waals surface area contributed by atoms with E-state index < -0.39 is 0 Å². The Morgan fingerprint density at radius 3 is 2.42 bits per heavy atom. The third-order valence-corrected chi connectivity index (χ3v) is 4.86. The summed E-state index contributed by atoms with van der Waals surface area (Å²) in [6.07, 6.45) is 0. The van der Waals surface area contributed by atoms with E-state index in [1.54, 1.807) is 6.07 Å². The molecule has 128 valence electrons. The van der Waals surface area contributed by atoms with E-state index in [0.717, 1.165) is 26.6 Å². The van der Waals surface area contributed by atoms with Crippen molar-refractivity contribution in [3.8, 4) is 5.88 Å². The molecule has 0 aliphatic heterocycles. The summed E-state index contributed by atoms with van der Waals surface area (Å²) in [6.45, 7) is 0. The van der Waals surface area contributed by atoms with Gasteiger partial charge in [-0.1, -0.05) is 63.9 Å². The molecule has 4 aromatic rings. The molecule has 0 fully saturated rings. The third-order valence-electron chi connectivity index (χ3n) is 4.09. The lowest BCUT2D eigenvalue weighted by molar-refractivity contribution is 0.457. The smallest absolute Gasteiger partial charge is 0.199 e. The number of nitrogens with one attached hydrogen (secondary N) is 1. The number of rotatable bonds is 3. The fraction of sp³-hybridized carbons (Fsp3) is 0. The van der Waals surface area contributed by atoms with Crippen LogP contribution in [0.4, 0.5) is 5.69 Å². The second kappa shape index (κ2) is 6.98. The van der Waals surface area contributed by atoms with Gasteiger partial charge in [0.1, 0.15) is 0 Å². The number of hydrogen-bond donors (Lipinski definition) is 2. The molecule has 5 heteroatoms. The topological polar surface area (TPSA) is 48.4 Å². The first-order chi connectivity index (χ1) is 12.6. The summed E-state index contributed by atoms with van der Waals surface area (Å²) in [7, 11) is 0. The number of hydrogen-bond acceptors (Lipinski definition) is 2. The van der Waals surface area contributed by atoms with Crippen LogP contribution in [0.15, 0.2) is 82.3 Å². The fourth-order valence-electron chi connectivity index (χ4n) is 2.90. The number of H-pyrrole nitrogens is 1. The van der Waals surface area contributed by atoms with Crippen LogP contribution in [0.25, 0.3) is 10.9 Å². The van der Waals surface area contributed by atoms with E-state index in [-0.39, 0.29) is 5.88 Å². The summed E-state index contributed by atoms with van der Waals surface area (Å²) in [6, 6.07) is 23.0. The summed E-state index contributed by atoms with van der Waals surface area (Å²) in [4.78, 5) is 7.82. The van der Waals surface area contributed by atoms with Crippen molar-refractivity contribution in [2.24, 2.45) is 4.99 Å². The van der Waals surface area contributed by atoms with Crippen molar-refractivity contribution in [3.63, 3.8) is 0 Å². The maximum absolute atomic E-state index is 10.6. The van der Waals surface area contributed by atoms with E-state index >= 15 is 0 Å². The van der Waals surface area contributed by atoms with Gasteiger partial charge in [-0.25, -0.2) is 4.99 Å². The molecule has 26 heavy (non-hydrogen) atoms. The highest BCUT2D eigenvalue weighted by molar-refractivity contribution is 9.10. The molecule has 2 N–H and O–H groups in total. The summed E-state index contributed by atoms with van der Waals surface area (Å²) in [5, 5.41) is 12.1. The van der Waals surface area contributed by atoms with Gasteiger partial charge in [0.15, 0.2) is 5.88 Å². The van der Waals surface area contributed by atoms with Gasteiger partial charge in [-0.3, -0.25) is 0 Å². The Morgan fingerprint density at radius 2 is 1.69 bits per heavy atom. The summed E-state index contributed by atoms with van der Waals surface area (Å²) in [5.74, 6) is 0.0713. The third kappa shape index (κ3) is 3.26. The van der Waals surface area contributed by atoms with Gasteiger partial charge < -0.3 is 10.1 Å². The Morgan fingerprint density at radius 1 is 0.962 bits per heavy atom. The first-order valence-electron chi connectivity index (χ1n) is 8.02. The van der Waals surface area contributed by atoms with E-state index in [1.807, 2.05) is 66.7 Å². The van der Waals surface area contributed by atoms with Crippen molar-refractivity contribution in [2.75, 3.05) is 0 Å². The normalized spacial score (nSPS) is 11.8. The molecule has 0 bridgehead atoms. The maximum atomic E-state index is 10.6. The lowest BCUT2D eigenvalue weighted by Crippen LogP contribution is -2.02. The predicted molar refractivity (Wildman–Crippen MR) is 111 cm³/mol. The number of halogens is 2. The van der Waals surface area contributed by atoms with Crippen LogP contribution in [0.3, 0.4) is 0 Å². The van der Waals surface area contributed by atoms with Crippen molar-refractivity contribution < 1.29 is 5.11 Å². The average Bonchev–Trinajstić information content (AvgIpc) is 2.97. The van der Waals surface area contributed by atoms with E-state index in [0.29, 0.717) is 16.3 Å². The van der Waals surface area contributed by atoms with Crippen LogP contribution in [0, 0.1) is 0 Å². The molecule has 3 nitrogen and oxygen atoms in total. The molecule has 4 rings (SSSR count). The summed E-state index contributed by atoms with van der Waals surface area (Å²) in [5.41, 5.74) is 3.84. The van der Waals surface area contributed by atoms with Gasteiger partial charge in [0.2, 0.25) is 0 Å². The molecule has 0 unspecified atom stereocenters. The molecule has 1 heterocycles. The molecule has 0 radical (unpaired) electrons. The zero-order chi connectivity index (χ0) is 18.1. The number of nitrogens with zero attached hydrogens (tertiary/aromatic N) is 1. The van der Waals surface area contributed by atoms with Gasteiger partial charge in [0.05, 0.1) is 22.5 Å². The van der Waals surface area contributed by atoms with E-state index in [2.05, 4.69) is 20.9 Å². The van der Waals surface area contributed by atoms with E-state index in [9.17, 15) is 5.11 Å². The minimum absolute atomic E-state index is 0.0713. The zero-order valence-corrected chi connectivity index (χ0v) is 15.9. The van der Waals surface area contributed by atoms with Gasteiger partial charge in [0.25, 0.3) is 0 Å². The Hall–Kier alpha value is -2.56. The Kier molecular flexibility index (Phi) is 4.53. The predicted octanol–water partition coefficient (Wildman–Crippen LogP) is 6.46. The standard InChI is InChI=1S/C21H14BrClN2O/c22-14-6-9-16(10-7-14)24-20(13-4-2-1-3-5-13)19-17-11-8-15(23)12-18(17)25-21(19)26/h1-12,25-26H. The molecular weight excluding hydrogens is 412 g/mol. The summed E-state index contributed by atoms with van der Waals surface area (Å²) < 4.78 is 0.988. The van der Waals surface area contributed by atoms with Crippen LogP contribution in [0.2, 0.25) is 5.02 Å². The monoisotopic (exact) mass is 424 g/mol. The van der Waals surface area contributed by atoms with Crippen molar-refractivity contribution in [3.05, 3.63) is 93.4 Å². The maximum Gasteiger partial charge on any atom is 0.199 e. The largest absolute Gasteiger partial charge is 0.494 e. The highest BCUT2D eigenvalue weighted by Gasteiger charge is 2.18. The molecule has 0 saturated heterocycles. The highest BCUT2D eigenvalue weighted by Crippen LogP contribution is 2.33. The second-order valence-corrected chi connectivity index (χ2v) is 7.19. The number of aromatic amines is 1. The van der Waals surface area contributed by atoms with Crippen LogP contribution in [-0.4, -0.2) is 15.8 Å². The van der Waals surface area contributed by atoms with Crippen molar-refractivity contribution in [1.82, 2.24) is 4.98 Å². The zero-order valence-electron chi connectivity index (χ0n) is 13.6. The van der Waals surface area contributed by atoms with Crippen molar-refractivity contribution in [1.29, 1.82) is 0 Å². The molecule has 3 aromatic carbocycles. The number of aromatic nitrogens is 1. The van der Waals surface area contributed by atoms with Crippen LogP contribution in [0.1, 0.15) is 11.1 Å². The summed E-state index contributed by atoms with van der Waals surface area (Å²) >= 11 is 9.53. The van der Waals surface area contributed by atoms with Crippen LogP contribution < -0.4 is 0 Å². The molecule has 0 atom stereocenters. The van der Waals surface area contributed by atoms with Crippen LogP contribution >= 0.6 is 27.5 Å². The van der Waals surface area contributed by atoms with E-state index in [1.165, 1.54) is 0 Å². The van der Waals surface area contributed by atoms with Gasteiger partial charge in [-0.15, -0.1) is 0 Å². The van der Waals surface area contributed by atoms with Crippen LogP contribution in [-0.2, 0) is 0 Å². The van der Waals surface area contributed by atoms with Gasteiger partial charge in [-0.05, 0) is 36.4 Å². The molecule has 0 spiro atoms. The molecule has 0 saturated carbocycles. The average molecular weight is 426 g/mol. The highest BCUT2D eigenvalue weighted by atomic mass is 79.9. The molecular formula is C21H14BrClN2O. The van der Waals surface area contributed by atoms with Gasteiger partial charge >= 0.3 is 0 Å². The van der Waals surface area contributed by atoms with Crippen molar-refractivity contribution in [2.45, 2.75) is 0 Å². The number of aromatic hydroxyl groups is 1.